The van der Waals surface area contributed by atoms with Gasteiger partial charge in [0.1, 0.15) is 5.75 Å². The molecule has 4 aromatic rings. The van der Waals surface area contributed by atoms with Crippen molar-refractivity contribution in [2.75, 3.05) is 0 Å². The van der Waals surface area contributed by atoms with Gasteiger partial charge in [-0.05, 0) is 47.9 Å². The van der Waals surface area contributed by atoms with Gasteiger partial charge in [-0.2, -0.15) is 0 Å². The Morgan fingerprint density at radius 2 is 1.70 bits per heavy atom. The molecule has 1 unspecified atom stereocenters. The van der Waals surface area contributed by atoms with Gasteiger partial charge in [-0.3, -0.25) is 9.98 Å². The Bertz CT molecular complexity index is 1280. The number of nitrogens with zero attached hydrogens (tertiary/aromatic N) is 2. The summed E-state index contributed by atoms with van der Waals surface area (Å²) in [6.07, 6.45) is 0.611. The Morgan fingerprint density at radius 1 is 1.00 bits per heavy atom. The first kappa shape index (κ1) is 18.7. The van der Waals surface area contributed by atoms with Crippen molar-refractivity contribution in [1.82, 2.24) is 9.13 Å². The van der Waals surface area contributed by atoms with Gasteiger partial charge in [-0.1, -0.05) is 63.2 Å². The molecule has 4 heteroatoms. The summed E-state index contributed by atoms with van der Waals surface area (Å²) >= 11 is 0. The molecular formula is C26H26N3O. The molecule has 0 spiro atoms. The molecule has 0 amide bonds. The Kier molecular flexibility index (Phi) is 4.31. The molecular weight excluding hydrogens is 370 g/mol. The predicted molar refractivity (Wildman–Crippen MR) is 119 cm³/mol. The molecule has 1 atom stereocenters. The van der Waals surface area contributed by atoms with Crippen molar-refractivity contribution in [2.24, 2.45) is 0 Å². The van der Waals surface area contributed by atoms with E-state index in [1.807, 2.05) is 42.5 Å². The number of benzene rings is 3. The SMILES string of the molecule is CCc1c[c]cc2c1OC(n1c(=N)n(Cc3ccccc3)c3ccccc31)C2(C)C. The second-order valence-corrected chi connectivity index (χ2v) is 8.52. The van der Waals surface area contributed by atoms with Crippen LogP contribution in [0.1, 0.15) is 43.7 Å². The molecule has 5 rings (SSSR count). The fourth-order valence-corrected chi connectivity index (χ4v) is 4.60. The lowest BCUT2D eigenvalue weighted by atomic mass is 9.83. The molecule has 0 saturated heterocycles. The topological polar surface area (TPSA) is 42.9 Å². The summed E-state index contributed by atoms with van der Waals surface area (Å²) in [5.74, 6) is 0.957. The lowest BCUT2D eigenvalue weighted by Crippen LogP contribution is -2.37. The average Bonchev–Trinajstić information content (AvgIpc) is 3.19. The van der Waals surface area contributed by atoms with Gasteiger partial charge in [0.15, 0.2) is 6.23 Å². The van der Waals surface area contributed by atoms with E-state index in [1.165, 1.54) is 16.7 Å². The molecule has 0 saturated carbocycles. The van der Waals surface area contributed by atoms with Crippen LogP contribution >= 0.6 is 0 Å². The normalized spacial score (nSPS) is 17.1. The van der Waals surface area contributed by atoms with Crippen molar-refractivity contribution in [3.8, 4) is 5.75 Å². The molecule has 1 radical (unpaired) electrons. The van der Waals surface area contributed by atoms with Crippen LogP contribution in [0.15, 0.2) is 66.7 Å². The Labute approximate surface area is 176 Å². The highest BCUT2D eigenvalue weighted by Gasteiger charge is 2.44. The fraction of sp³-hybridized carbons (Fsp3) is 0.269. The maximum absolute atomic E-state index is 9.11. The summed E-state index contributed by atoms with van der Waals surface area (Å²) in [6, 6.07) is 25.9. The van der Waals surface area contributed by atoms with Crippen LogP contribution in [0.25, 0.3) is 11.0 Å². The maximum Gasteiger partial charge on any atom is 0.206 e. The first-order chi connectivity index (χ1) is 14.5. The smallest absolute Gasteiger partial charge is 0.206 e. The Balaban J connectivity index is 1.69. The highest BCUT2D eigenvalue weighted by atomic mass is 16.5. The second-order valence-electron chi connectivity index (χ2n) is 8.52. The maximum atomic E-state index is 9.11. The lowest BCUT2D eigenvalue weighted by molar-refractivity contribution is 0.0927. The van der Waals surface area contributed by atoms with E-state index >= 15 is 0 Å². The van der Waals surface area contributed by atoms with Crippen LogP contribution in [0.5, 0.6) is 5.75 Å². The fourth-order valence-electron chi connectivity index (χ4n) is 4.60. The number of ether oxygens (including phenoxy) is 1. The third-order valence-electron chi connectivity index (χ3n) is 6.28. The van der Waals surface area contributed by atoms with E-state index in [4.69, 9.17) is 10.1 Å². The summed E-state index contributed by atoms with van der Waals surface area (Å²) in [5, 5.41) is 9.11. The highest BCUT2D eigenvalue weighted by molar-refractivity contribution is 5.76. The van der Waals surface area contributed by atoms with E-state index in [0.717, 1.165) is 23.2 Å². The summed E-state index contributed by atoms with van der Waals surface area (Å²) in [7, 11) is 0. The summed E-state index contributed by atoms with van der Waals surface area (Å²) in [5.41, 5.74) is 5.75. The van der Waals surface area contributed by atoms with E-state index < -0.39 is 0 Å². The number of hydrogen-bond acceptors (Lipinski definition) is 2. The van der Waals surface area contributed by atoms with Crippen LogP contribution in [0, 0.1) is 11.5 Å². The Morgan fingerprint density at radius 3 is 2.43 bits per heavy atom. The van der Waals surface area contributed by atoms with E-state index in [2.05, 4.69) is 60.2 Å². The van der Waals surface area contributed by atoms with Crippen molar-refractivity contribution >= 4 is 11.0 Å². The number of imidazole rings is 1. The number of rotatable bonds is 4. The zero-order chi connectivity index (χ0) is 20.9. The molecule has 0 fully saturated rings. The van der Waals surface area contributed by atoms with Gasteiger partial charge in [-0.15, -0.1) is 0 Å². The molecule has 3 aromatic carbocycles. The minimum absolute atomic E-state index is 0.279. The first-order valence-corrected chi connectivity index (χ1v) is 10.5. The number of aromatic nitrogens is 2. The minimum Gasteiger partial charge on any atom is -0.469 e. The number of aryl methyl sites for hydroxylation is 1. The number of para-hydroxylation sites is 2. The average molecular weight is 397 g/mol. The van der Waals surface area contributed by atoms with Crippen molar-refractivity contribution in [3.63, 3.8) is 0 Å². The van der Waals surface area contributed by atoms with Crippen LogP contribution in [0.2, 0.25) is 0 Å². The number of nitrogens with one attached hydrogen (secondary N) is 1. The standard InChI is InChI=1S/C26H26N3O/c1-4-19-13-10-14-20-23(19)30-24(26(20,2)3)29-22-16-9-8-15-21(22)28(25(29)27)17-18-11-6-5-7-12-18/h5-9,11-16,24,27H,4,17H2,1-3H3. The van der Waals surface area contributed by atoms with Crippen LogP contribution in [-0.4, -0.2) is 9.13 Å². The van der Waals surface area contributed by atoms with E-state index in [0.29, 0.717) is 12.2 Å². The van der Waals surface area contributed by atoms with Gasteiger partial charge in [0.25, 0.3) is 0 Å². The van der Waals surface area contributed by atoms with Crippen LogP contribution in [0.3, 0.4) is 0 Å². The number of fused-ring (bicyclic) bond motifs is 2. The molecule has 4 nitrogen and oxygen atoms in total. The van der Waals surface area contributed by atoms with Gasteiger partial charge >= 0.3 is 0 Å². The van der Waals surface area contributed by atoms with Crippen molar-refractivity contribution in [2.45, 2.75) is 45.4 Å². The summed E-state index contributed by atoms with van der Waals surface area (Å²) < 4.78 is 10.7. The van der Waals surface area contributed by atoms with Crippen LogP contribution in [0.4, 0.5) is 0 Å². The van der Waals surface area contributed by atoms with E-state index in [9.17, 15) is 0 Å². The second kappa shape index (κ2) is 6.91. The van der Waals surface area contributed by atoms with Crippen LogP contribution < -0.4 is 10.4 Å². The van der Waals surface area contributed by atoms with Gasteiger partial charge in [0, 0.05) is 5.56 Å². The quantitative estimate of drug-likeness (QED) is 0.506. The number of hydrogen-bond donors (Lipinski definition) is 1. The molecule has 151 valence electrons. The molecule has 2 heterocycles. The lowest BCUT2D eigenvalue weighted by Gasteiger charge is -2.27. The van der Waals surface area contributed by atoms with Gasteiger partial charge in [0.05, 0.1) is 23.0 Å². The molecule has 30 heavy (non-hydrogen) atoms. The van der Waals surface area contributed by atoms with Crippen molar-refractivity contribution < 1.29 is 4.74 Å². The molecule has 1 aliphatic rings. The van der Waals surface area contributed by atoms with E-state index in [-0.39, 0.29) is 11.6 Å². The zero-order valence-corrected chi connectivity index (χ0v) is 17.6. The molecule has 0 bridgehead atoms. The van der Waals surface area contributed by atoms with Gasteiger partial charge in [0.2, 0.25) is 5.62 Å². The zero-order valence-electron chi connectivity index (χ0n) is 17.6. The van der Waals surface area contributed by atoms with Gasteiger partial charge in [-0.25, -0.2) is 0 Å². The predicted octanol–water partition coefficient (Wildman–Crippen LogP) is 5.20. The Hall–Kier alpha value is -3.27. The summed E-state index contributed by atoms with van der Waals surface area (Å²) in [4.78, 5) is 0. The first-order valence-electron chi connectivity index (χ1n) is 10.5. The summed E-state index contributed by atoms with van der Waals surface area (Å²) in [6.45, 7) is 7.20. The molecule has 0 aliphatic carbocycles. The molecule has 1 aliphatic heterocycles. The van der Waals surface area contributed by atoms with Gasteiger partial charge < -0.3 is 9.30 Å². The minimum atomic E-state index is -0.289. The monoisotopic (exact) mass is 396 g/mol. The van der Waals surface area contributed by atoms with Crippen molar-refractivity contribution in [1.29, 1.82) is 5.41 Å². The molecule has 1 aromatic heterocycles. The highest BCUT2D eigenvalue weighted by Crippen LogP contribution is 2.49. The molecule has 1 N–H and O–H groups in total. The van der Waals surface area contributed by atoms with Crippen LogP contribution in [-0.2, 0) is 18.4 Å². The largest absolute Gasteiger partial charge is 0.469 e. The van der Waals surface area contributed by atoms with E-state index in [1.54, 1.807) is 0 Å². The third-order valence-corrected chi connectivity index (χ3v) is 6.28. The third kappa shape index (κ3) is 2.71. The van der Waals surface area contributed by atoms with Crippen molar-refractivity contribution in [3.05, 3.63) is 95.1 Å².